The molecule has 6 rings (SSSR count). The van der Waals surface area contributed by atoms with Crippen molar-refractivity contribution in [3.63, 3.8) is 0 Å². The number of fused-ring (bicyclic) bond motifs is 3. The van der Waals surface area contributed by atoms with Gasteiger partial charge >= 0.3 is 0 Å². The maximum Gasteiger partial charge on any atom is 0.297 e. The van der Waals surface area contributed by atoms with Crippen LogP contribution in [0.25, 0.3) is 21.2 Å². The van der Waals surface area contributed by atoms with Gasteiger partial charge in [0.15, 0.2) is 10.6 Å². The largest absolute Gasteiger partial charge is 0.490 e. The summed E-state index contributed by atoms with van der Waals surface area (Å²) < 4.78 is 26.0. The highest BCUT2D eigenvalue weighted by Gasteiger charge is 2.45. The van der Waals surface area contributed by atoms with E-state index in [1.165, 1.54) is 28.4 Å². The van der Waals surface area contributed by atoms with E-state index < -0.39 is 17.8 Å². The van der Waals surface area contributed by atoms with Crippen molar-refractivity contribution in [2.24, 2.45) is 0 Å². The number of aromatic nitrogens is 1. The maximum absolute atomic E-state index is 13.8. The molecule has 1 aliphatic heterocycles. The molecule has 0 unspecified atom stereocenters. The van der Waals surface area contributed by atoms with E-state index in [4.69, 9.17) is 9.15 Å². The Balaban J connectivity index is 1.56. The zero-order valence-electron chi connectivity index (χ0n) is 18.2. The van der Waals surface area contributed by atoms with E-state index >= 15 is 0 Å². The summed E-state index contributed by atoms with van der Waals surface area (Å²) in [5.74, 6) is -0.250. The van der Waals surface area contributed by atoms with Gasteiger partial charge in [0.05, 0.1) is 27.2 Å². The average Bonchev–Trinajstić information content (AvgIpc) is 3.41. The summed E-state index contributed by atoms with van der Waals surface area (Å²) in [6.45, 7) is 4.00. The average molecular weight is 485 g/mol. The summed E-state index contributed by atoms with van der Waals surface area (Å²) in [5, 5.41) is 0.741. The molecule has 0 saturated heterocycles. The molecule has 0 fully saturated rings. The predicted octanol–water partition coefficient (Wildman–Crippen LogP) is 5.86. The Kier molecular flexibility index (Phi) is 4.96. The molecular formula is C27H17FN2O4S. The van der Waals surface area contributed by atoms with Gasteiger partial charge in [-0.3, -0.25) is 14.5 Å². The lowest BCUT2D eigenvalue weighted by molar-refractivity contribution is 0.0971. The fourth-order valence-electron chi connectivity index (χ4n) is 4.32. The van der Waals surface area contributed by atoms with E-state index in [1.807, 2.05) is 0 Å². The normalized spacial score (nSPS) is 15.1. The number of carbonyl (C=O) groups is 1. The molecule has 0 saturated carbocycles. The van der Waals surface area contributed by atoms with Gasteiger partial charge in [-0.1, -0.05) is 48.3 Å². The molecule has 3 aromatic carbocycles. The SMILES string of the molecule is C=CCOc1ccc([C@H]2c3c(oc4ccccc4c3=O)C(=O)N2c2nc3ccc(F)cc3s2)cc1. The monoisotopic (exact) mass is 484 g/mol. The highest BCUT2D eigenvalue weighted by atomic mass is 32.1. The third-order valence-corrected chi connectivity index (χ3v) is 6.90. The second-order valence-corrected chi connectivity index (χ2v) is 9.03. The number of amides is 1. The fourth-order valence-corrected chi connectivity index (χ4v) is 5.34. The van der Waals surface area contributed by atoms with Crippen LogP contribution in [-0.2, 0) is 0 Å². The molecule has 8 heteroatoms. The molecule has 3 heterocycles. The smallest absolute Gasteiger partial charge is 0.297 e. The molecule has 0 N–H and O–H groups in total. The van der Waals surface area contributed by atoms with Gasteiger partial charge in [0, 0.05) is 0 Å². The zero-order valence-corrected chi connectivity index (χ0v) is 19.0. The first kappa shape index (κ1) is 21.2. The number of thiazole rings is 1. The second kappa shape index (κ2) is 8.18. The summed E-state index contributed by atoms with van der Waals surface area (Å²) in [5.41, 5.74) is 1.56. The quantitative estimate of drug-likeness (QED) is 0.292. The minimum atomic E-state index is -0.766. The molecule has 172 valence electrons. The minimum absolute atomic E-state index is 0.0175. The van der Waals surface area contributed by atoms with Crippen LogP contribution in [-0.4, -0.2) is 17.5 Å². The number of halogens is 1. The maximum atomic E-state index is 13.8. The molecule has 35 heavy (non-hydrogen) atoms. The summed E-state index contributed by atoms with van der Waals surface area (Å²) >= 11 is 1.18. The number of rotatable bonds is 5. The predicted molar refractivity (Wildman–Crippen MR) is 133 cm³/mol. The van der Waals surface area contributed by atoms with Crippen molar-refractivity contribution in [1.29, 1.82) is 0 Å². The topological polar surface area (TPSA) is 72.6 Å². The molecule has 1 aliphatic rings. The Bertz CT molecular complexity index is 1690. The van der Waals surface area contributed by atoms with Crippen LogP contribution in [0.4, 0.5) is 9.52 Å². The Hall–Kier alpha value is -4.30. The van der Waals surface area contributed by atoms with Crippen LogP contribution < -0.4 is 15.1 Å². The van der Waals surface area contributed by atoms with E-state index in [0.717, 1.165) is 0 Å². The molecule has 0 aliphatic carbocycles. The van der Waals surface area contributed by atoms with E-state index in [1.54, 1.807) is 60.7 Å². The van der Waals surface area contributed by atoms with Gasteiger partial charge in [-0.05, 0) is 48.0 Å². The lowest BCUT2D eigenvalue weighted by Crippen LogP contribution is -2.29. The van der Waals surface area contributed by atoms with E-state index in [2.05, 4.69) is 11.6 Å². The first-order valence-electron chi connectivity index (χ1n) is 10.8. The third kappa shape index (κ3) is 3.41. The van der Waals surface area contributed by atoms with Crippen LogP contribution in [0.1, 0.15) is 27.7 Å². The van der Waals surface area contributed by atoms with E-state index in [0.29, 0.717) is 44.2 Å². The number of ether oxygens (including phenoxy) is 1. The van der Waals surface area contributed by atoms with Crippen molar-refractivity contribution in [2.45, 2.75) is 6.04 Å². The van der Waals surface area contributed by atoms with Gasteiger partial charge in [-0.2, -0.15) is 0 Å². The van der Waals surface area contributed by atoms with Crippen LogP contribution in [0, 0.1) is 5.82 Å². The van der Waals surface area contributed by atoms with Crippen molar-refractivity contribution in [3.05, 3.63) is 112 Å². The Morgan fingerprint density at radius 1 is 1.11 bits per heavy atom. The van der Waals surface area contributed by atoms with Crippen LogP contribution in [0.5, 0.6) is 5.75 Å². The van der Waals surface area contributed by atoms with Crippen LogP contribution in [0.3, 0.4) is 0 Å². The number of hydrogen-bond acceptors (Lipinski definition) is 6. The molecule has 1 atom stereocenters. The van der Waals surface area contributed by atoms with Gasteiger partial charge in [-0.25, -0.2) is 9.37 Å². The molecule has 2 aromatic heterocycles. The molecule has 6 nitrogen and oxygen atoms in total. The van der Waals surface area contributed by atoms with Crippen LogP contribution >= 0.6 is 11.3 Å². The fraction of sp³-hybridized carbons (Fsp3) is 0.0741. The van der Waals surface area contributed by atoms with Crippen molar-refractivity contribution in [1.82, 2.24) is 4.98 Å². The van der Waals surface area contributed by atoms with Gasteiger partial charge in [0.1, 0.15) is 23.8 Å². The summed E-state index contributed by atoms with van der Waals surface area (Å²) in [4.78, 5) is 33.3. The molecule has 0 spiro atoms. The zero-order chi connectivity index (χ0) is 24.1. The Morgan fingerprint density at radius 3 is 2.71 bits per heavy atom. The van der Waals surface area contributed by atoms with Crippen LogP contribution in [0.2, 0.25) is 0 Å². The first-order chi connectivity index (χ1) is 17.0. The first-order valence-corrected chi connectivity index (χ1v) is 11.7. The number of anilines is 1. The standard InChI is InChI=1S/C27H17FN2O4S/c1-2-13-33-17-10-7-15(8-11-17)23-22-24(31)18-5-3-4-6-20(18)34-25(22)26(32)30(23)27-29-19-12-9-16(28)14-21(19)35-27/h2-12,14,23H,1,13H2/t23-/m0/s1. The number of hydrogen-bond donors (Lipinski definition) is 0. The molecule has 0 radical (unpaired) electrons. The molecular weight excluding hydrogens is 467 g/mol. The van der Waals surface area contributed by atoms with Crippen LogP contribution in [0.15, 0.2) is 88.6 Å². The summed E-state index contributed by atoms with van der Waals surface area (Å²) in [7, 11) is 0. The van der Waals surface area contributed by atoms with Gasteiger partial charge in [-0.15, -0.1) is 0 Å². The summed E-state index contributed by atoms with van der Waals surface area (Å²) in [6, 6.07) is 17.5. The van der Waals surface area contributed by atoms with Gasteiger partial charge < -0.3 is 9.15 Å². The van der Waals surface area contributed by atoms with Crippen molar-refractivity contribution < 1.29 is 18.3 Å². The Morgan fingerprint density at radius 2 is 1.91 bits per heavy atom. The molecule has 1 amide bonds. The Labute approximate surface area is 202 Å². The number of carbonyl (C=O) groups excluding carboxylic acids is 1. The van der Waals surface area contributed by atoms with E-state index in [9.17, 15) is 14.0 Å². The number of nitrogens with zero attached hydrogens (tertiary/aromatic N) is 2. The lowest BCUT2D eigenvalue weighted by atomic mass is 9.98. The minimum Gasteiger partial charge on any atom is -0.490 e. The van der Waals surface area contributed by atoms with E-state index in [-0.39, 0.29) is 16.8 Å². The van der Waals surface area contributed by atoms with Gasteiger partial charge in [0.25, 0.3) is 5.91 Å². The highest BCUT2D eigenvalue weighted by Crippen LogP contribution is 2.43. The van der Waals surface area contributed by atoms with Crippen molar-refractivity contribution >= 4 is 43.6 Å². The third-order valence-electron chi connectivity index (χ3n) is 5.89. The van der Waals surface area contributed by atoms with Crippen molar-refractivity contribution in [3.8, 4) is 5.75 Å². The number of para-hydroxylation sites is 1. The lowest BCUT2D eigenvalue weighted by Gasteiger charge is -2.22. The highest BCUT2D eigenvalue weighted by molar-refractivity contribution is 7.22. The number of benzene rings is 3. The summed E-state index contributed by atoms with van der Waals surface area (Å²) in [6.07, 6.45) is 1.65. The van der Waals surface area contributed by atoms with Crippen molar-refractivity contribution in [2.75, 3.05) is 11.5 Å². The molecule has 5 aromatic rings. The molecule has 0 bridgehead atoms. The van der Waals surface area contributed by atoms with Gasteiger partial charge in [0.2, 0.25) is 5.76 Å². The second-order valence-electron chi connectivity index (χ2n) is 8.03.